The van der Waals surface area contributed by atoms with E-state index in [0.29, 0.717) is 38.3 Å². The van der Waals surface area contributed by atoms with Crippen molar-refractivity contribution in [2.24, 2.45) is 5.92 Å². The van der Waals surface area contributed by atoms with Gasteiger partial charge in [-0.15, -0.1) is 11.3 Å². The lowest BCUT2D eigenvalue weighted by Gasteiger charge is -2.35. The van der Waals surface area contributed by atoms with Gasteiger partial charge in [0.2, 0.25) is 0 Å². The predicted octanol–water partition coefficient (Wildman–Crippen LogP) is 3.43. The summed E-state index contributed by atoms with van der Waals surface area (Å²) in [6.07, 6.45) is 2.65. The standard InChI is InChI=1S/C22H29N3O5S2/c1-4-24(5-2)22(27)25-12-6-7-17(13-25)21(26)30-14-18-15-31-20(23-18)16-8-10-19(11-9-16)32(3,28)29/h8-11,15,17H,4-7,12-14H2,1-3H3. The van der Waals surface area contributed by atoms with E-state index in [9.17, 15) is 18.0 Å². The Morgan fingerprint density at radius 1 is 1.22 bits per heavy atom. The molecule has 10 heteroatoms. The topological polar surface area (TPSA) is 96.9 Å². The second-order valence-corrected chi connectivity index (χ2v) is 10.7. The first-order chi connectivity index (χ1) is 15.2. The number of aromatic nitrogens is 1. The number of benzene rings is 1. The molecule has 1 unspecified atom stereocenters. The van der Waals surface area contributed by atoms with Crippen molar-refractivity contribution < 1.29 is 22.7 Å². The Morgan fingerprint density at radius 2 is 1.91 bits per heavy atom. The lowest BCUT2D eigenvalue weighted by molar-refractivity contribution is -0.151. The first-order valence-corrected chi connectivity index (χ1v) is 13.4. The summed E-state index contributed by atoms with van der Waals surface area (Å²) in [5.74, 6) is -0.640. The lowest BCUT2D eigenvalue weighted by atomic mass is 9.98. The molecule has 1 aromatic heterocycles. The average Bonchev–Trinajstić information content (AvgIpc) is 3.27. The van der Waals surface area contributed by atoms with Crippen molar-refractivity contribution in [2.75, 3.05) is 32.4 Å². The summed E-state index contributed by atoms with van der Waals surface area (Å²) >= 11 is 1.41. The number of piperidine rings is 1. The summed E-state index contributed by atoms with van der Waals surface area (Å²) in [6, 6.07) is 6.52. The van der Waals surface area contributed by atoms with Crippen molar-refractivity contribution in [2.45, 2.75) is 38.2 Å². The molecule has 0 aliphatic carbocycles. The molecule has 0 N–H and O–H groups in total. The third kappa shape index (κ3) is 5.86. The monoisotopic (exact) mass is 479 g/mol. The zero-order valence-electron chi connectivity index (χ0n) is 18.6. The van der Waals surface area contributed by atoms with Gasteiger partial charge in [-0.25, -0.2) is 18.2 Å². The number of amides is 2. The van der Waals surface area contributed by atoms with Gasteiger partial charge >= 0.3 is 12.0 Å². The van der Waals surface area contributed by atoms with Gasteiger partial charge in [-0.1, -0.05) is 12.1 Å². The number of ether oxygens (including phenoxy) is 1. The maximum absolute atomic E-state index is 12.6. The number of carbonyl (C=O) groups excluding carboxylic acids is 2. The number of esters is 1. The van der Waals surface area contributed by atoms with E-state index in [4.69, 9.17) is 4.74 Å². The van der Waals surface area contributed by atoms with E-state index < -0.39 is 9.84 Å². The molecule has 32 heavy (non-hydrogen) atoms. The summed E-state index contributed by atoms with van der Waals surface area (Å²) in [4.78, 5) is 33.4. The van der Waals surface area contributed by atoms with Crippen LogP contribution in [0.2, 0.25) is 0 Å². The number of sulfone groups is 1. The molecule has 1 aromatic carbocycles. The van der Waals surface area contributed by atoms with Crippen LogP contribution in [-0.4, -0.2) is 67.6 Å². The van der Waals surface area contributed by atoms with Crippen LogP contribution in [0, 0.1) is 5.92 Å². The van der Waals surface area contributed by atoms with Crippen LogP contribution in [0.15, 0.2) is 34.5 Å². The second kappa shape index (κ2) is 10.4. The van der Waals surface area contributed by atoms with E-state index in [0.717, 1.165) is 17.0 Å². The molecule has 3 rings (SSSR count). The van der Waals surface area contributed by atoms with Gasteiger partial charge in [-0.3, -0.25) is 4.79 Å². The van der Waals surface area contributed by atoms with Crippen LogP contribution in [0.1, 0.15) is 32.4 Å². The van der Waals surface area contributed by atoms with Crippen molar-refractivity contribution in [1.29, 1.82) is 0 Å². The molecule has 1 atom stereocenters. The van der Waals surface area contributed by atoms with Crippen molar-refractivity contribution in [3.8, 4) is 10.6 Å². The number of carbonyl (C=O) groups is 2. The highest BCUT2D eigenvalue weighted by Crippen LogP contribution is 2.26. The molecule has 0 saturated carbocycles. The molecule has 0 spiro atoms. The van der Waals surface area contributed by atoms with Gasteiger partial charge in [-0.05, 0) is 38.8 Å². The smallest absolute Gasteiger partial charge is 0.320 e. The maximum Gasteiger partial charge on any atom is 0.320 e. The number of likely N-dealkylation sites (tertiary alicyclic amines) is 1. The molecule has 0 radical (unpaired) electrons. The van der Waals surface area contributed by atoms with Gasteiger partial charge in [0.05, 0.1) is 16.5 Å². The Bertz CT molecular complexity index is 1050. The van der Waals surface area contributed by atoms with E-state index in [1.165, 1.54) is 17.6 Å². The van der Waals surface area contributed by atoms with E-state index >= 15 is 0 Å². The Balaban J connectivity index is 1.56. The average molecular weight is 480 g/mol. The van der Waals surface area contributed by atoms with Crippen molar-refractivity contribution in [1.82, 2.24) is 14.8 Å². The minimum absolute atomic E-state index is 0.0291. The summed E-state index contributed by atoms with van der Waals surface area (Å²) < 4.78 is 28.7. The normalized spacial score (nSPS) is 16.6. The van der Waals surface area contributed by atoms with Crippen LogP contribution in [0.25, 0.3) is 10.6 Å². The van der Waals surface area contributed by atoms with Crippen LogP contribution >= 0.6 is 11.3 Å². The van der Waals surface area contributed by atoms with Crippen LogP contribution in [-0.2, 0) is 26.0 Å². The highest BCUT2D eigenvalue weighted by molar-refractivity contribution is 7.90. The maximum atomic E-state index is 12.6. The Hall–Kier alpha value is -2.46. The SMILES string of the molecule is CCN(CC)C(=O)N1CCCC(C(=O)OCc2csc(-c3ccc(S(C)(=O)=O)cc3)n2)C1. The first-order valence-electron chi connectivity index (χ1n) is 10.7. The molecule has 2 amide bonds. The van der Waals surface area contributed by atoms with Crippen molar-refractivity contribution in [3.05, 3.63) is 35.3 Å². The fourth-order valence-corrected chi connectivity index (χ4v) is 5.09. The number of urea groups is 1. The minimum Gasteiger partial charge on any atom is -0.459 e. The zero-order chi connectivity index (χ0) is 23.3. The highest BCUT2D eigenvalue weighted by atomic mass is 32.2. The van der Waals surface area contributed by atoms with Gasteiger partial charge in [0, 0.05) is 43.4 Å². The molecular weight excluding hydrogens is 450 g/mol. The van der Waals surface area contributed by atoms with Crippen molar-refractivity contribution >= 4 is 33.2 Å². The van der Waals surface area contributed by atoms with Crippen LogP contribution < -0.4 is 0 Å². The molecule has 174 valence electrons. The summed E-state index contributed by atoms with van der Waals surface area (Å²) in [5.41, 5.74) is 1.44. The second-order valence-electron chi connectivity index (χ2n) is 7.79. The first kappa shape index (κ1) is 24.2. The molecule has 1 aliphatic rings. The number of hydrogen-bond donors (Lipinski definition) is 0. The molecule has 1 aliphatic heterocycles. The number of nitrogens with zero attached hydrogens (tertiary/aromatic N) is 3. The van der Waals surface area contributed by atoms with Gasteiger partial charge in [0.15, 0.2) is 9.84 Å². The Morgan fingerprint density at radius 3 is 2.53 bits per heavy atom. The minimum atomic E-state index is -3.24. The van der Waals surface area contributed by atoms with Gasteiger partial charge < -0.3 is 14.5 Å². The van der Waals surface area contributed by atoms with E-state index in [1.807, 2.05) is 19.2 Å². The third-order valence-corrected chi connectivity index (χ3v) is 7.57. The fraction of sp³-hybridized carbons (Fsp3) is 0.500. The summed E-state index contributed by atoms with van der Waals surface area (Å²) in [7, 11) is -3.24. The molecule has 0 bridgehead atoms. The van der Waals surface area contributed by atoms with Gasteiger partial charge in [0.1, 0.15) is 11.6 Å². The highest BCUT2D eigenvalue weighted by Gasteiger charge is 2.31. The summed E-state index contributed by atoms with van der Waals surface area (Å²) in [6.45, 7) is 6.28. The molecule has 1 saturated heterocycles. The number of thiazole rings is 1. The summed E-state index contributed by atoms with van der Waals surface area (Å²) in [5, 5.41) is 2.55. The lowest BCUT2D eigenvalue weighted by Crippen LogP contribution is -2.48. The number of hydrogen-bond acceptors (Lipinski definition) is 7. The van der Waals surface area contributed by atoms with Gasteiger partial charge in [0.25, 0.3) is 0 Å². The number of rotatable bonds is 7. The van der Waals surface area contributed by atoms with Crippen LogP contribution in [0.4, 0.5) is 4.79 Å². The molecule has 2 heterocycles. The molecular formula is C22H29N3O5S2. The molecule has 8 nitrogen and oxygen atoms in total. The van der Waals surface area contributed by atoms with E-state index in [-0.39, 0.29) is 29.4 Å². The third-order valence-electron chi connectivity index (χ3n) is 5.50. The van der Waals surface area contributed by atoms with Crippen molar-refractivity contribution in [3.63, 3.8) is 0 Å². The van der Waals surface area contributed by atoms with Gasteiger partial charge in [-0.2, -0.15) is 0 Å². The molecule has 1 fully saturated rings. The van der Waals surface area contributed by atoms with Crippen LogP contribution in [0.3, 0.4) is 0 Å². The zero-order valence-corrected chi connectivity index (χ0v) is 20.2. The Labute approximate surface area is 193 Å². The molecule has 2 aromatic rings. The Kier molecular flexibility index (Phi) is 7.89. The quantitative estimate of drug-likeness (QED) is 0.565. The van der Waals surface area contributed by atoms with Crippen LogP contribution in [0.5, 0.6) is 0 Å². The predicted molar refractivity (Wildman–Crippen MR) is 123 cm³/mol. The fourth-order valence-electron chi connectivity index (χ4n) is 3.65. The van der Waals surface area contributed by atoms with E-state index in [1.54, 1.807) is 34.1 Å². The van der Waals surface area contributed by atoms with E-state index in [2.05, 4.69) is 4.98 Å². The largest absolute Gasteiger partial charge is 0.459 e.